The molecule has 1 unspecified atom stereocenters. The van der Waals surface area contributed by atoms with Gasteiger partial charge in [-0.3, -0.25) is 9.48 Å². The molecule has 0 aromatic carbocycles. The second-order valence-corrected chi connectivity index (χ2v) is 4.46. The van der Waals surface area contributed by atoms with E-state index in [1.54, 1.807) is 10.9 Å². The van der Waals surface area contributed by atoms with Crippen LogP contribution in [0.4, 0.5) is 0 Å². The van der Waals surface area contributed by atoms with Crippen LogP contribution < -0.4 is 0 Å². The summed E-state index contributed by atoms with van der Waals surface area (Å²) in [5.74, 6) is 0.00909. The smallest absolute Gasteiger partial charge is 0.245 e. The van der Waals surface area contributed by atoms with Crippen LogP contribution in [0.15, 0.2) is 12.4 Å². The van der Waals surface area contributed by atoms with E-state index >= 15 is 0 Å². The van der Waals surface area contributed by atoms with Crippen molar-refractivity contribution in [3.05, 3.63) is 18.0 Å². The van der Waals surface area contributed by atoms with Crippen molar-refractivity contribution in [3.8, 4) is 0 Å². The van der Waals surface area contributed by atoms with Crippen molar-refractivity contribution in [1.82, 2.24) is 14.7 Å². The maximum Gasteiger partial charge on any atom is 0.245 e. The first-order chi connectivity index (χ1) is 7.72. The Hall–Kier alpha value is -1.03. The Labute approximate surface area is 100 Å². The van der Waals surface area contributed by atoms with Crippen molar-refractivity contribution < 1.29 is 4.79 Å². The molecule has 0 spiro atoms. The molecule has 1 fully saturated rings. The number of carbonyl (C=O) groups is 1. The van der Waals surface area contributed by atoms with Crippen molar-refractivity contribution >= 4 is 17.5 Å². The Kier molecular flexibility index (Phi) is 3.49. The van der Waals surface area contributed by atoms with Crippen LogP contribution in [0.25, 0.3) is 0 Å². The molecule has 1 aliphatic heterocycles. The molecule has 1 atom stereocenters. The number of halogens is 1. The van der Waals surface area contributed by atoms with Gasteiger partial charge in [-0.05, 0) is 19.8 Å². The lowest BCUT2D eigenvalue weighted by Crippen LogP contribution is -2.30. The summed E-state index contributed by atoms with van der Waals surface area (Å²) in [4.78, 5) is 13.8. The Morgan fingerprint density at radius 2 is 2.25 bits per heavy atom. The van der Waals surface area contributed by atoms with Gasteiger partial charge in [-0.25, -0.2) is 0 Å². The minimum Gasteiger partial charge on any atom is -0.341 e. The summed E-state index contributed by atoms with van der Waals surface area (Å²) < 4.78 is 1.78. The van der Waals surface area contributed by atoms with Crippen LogP contribution in [0, 0.1) is 0 Å². The van der Waals surface area contributed by atoms with E-state index in [1.807, 2.05) is 18.0 Å². The van der Waals surface area contributed by atoms with Gasteiger partial charge in [-0.15, -0.1) is 11.6 Å². The van der Waals surface area contributed by atoms with E-state index in [4.69, 9.17) is 11.6 Å². The van der Waals surface area contributed by atoms with Crippen molar-refractivity contribution in [2.75, 3.05) is 13.1 Å². The highest BCUT2D eigenvalue weighted by molar-refractivity contribution is 6.30. The van der Waals surface area contributed by atoms with Crippen molar-refractivity contribution in [2.24, 2.45) is 0 Å². The molecule has 1 saturated heterocycles. The van der Waals surface area contributed by atoms with Crippen molar-refractivity contribution in [3.63, 3.8) is 0 Å². The molecule has 1 aromatic rings. The van der Waals surface area contributed by atoms with Crippen LogP contribution in [-0.2, 0) is 11.3 Å². The highest BCUT2D eigenvalue weighted by Crippen LogP contribution is 2.24. The molecule has 4 nitrogen and oxygen atoms in total. The molecule has 5 heteroatoms. The molecular formula is C11H16ClN3O. The first kappa shape index (κ1) is 11.5. The summed E-state index contributed by atoms with van der Waals surface area (Å²) in [7, 11) is 0. The maximum absolute atomic E-state index is 12.0. The summed E-state index contributed by atoms with van der Waals surface area (Å²) in [5, 5.41) is 3.54. The van der Waals surface area contributed by atoms with E-state index in [1.165, 1.54) is 0 Å². The molecule has 0 N–H and O–H groups in total. The maximum atomic E-state index is 12.0. The topological polar surface area (TPSA) is 38.1 Å². The van der Waals surface area contributed by atoms with E-state index < -0.39 is 5.38 Å². The second-order valence-electron chi connectivity index (χ2n) is 4.02. The van der Waals surface area contributed by atoms with E-state index in [2.05, 4.69) is 5.10 Å². The third kappa shape index (κ3) is 2.21. The van der Waals surface area contributed by atoms with Crippen LogP contribution >= 0.6 is 11.6 Å². The van der Waals surface area contributed by atoms with Gasteiger partial charge in [0.2, 0.25) is 5.91 Å². The standard InChI is InChI=1S/C11H16ClN3O/c1-2-15-8-9(7-13-15)10(12)11(16)14-5-3-4-6-14/h7-8,10H,2-6H2,1H3. The van der Waals surface area contributed by atoms with Gasteiger partial charge in [0, 0.05) is 31.4 Å². The van der Waals surface area contributed by atoms with Crippen LogP contribution in [0.5, 0.6) is 0 Å². The number of aromatic nitrogens is 2. The molecule has 2 rings (SSSR count). The van der Waals surface area contributed by atoms with Crippen LogP contribution in [0.2, 0.25) is 0 Å². The fourth-order valence-electron chi connectivity index (χ4n) is 1.92. The van der Waals surface area contributed by atoms with Gasteiger partial charge >= 0.3 is 0 Å². The summed E-state index contributed by atoms with van der Waals surface area (Å²) >= 11 is 6.16. The van der Waals surface area contributed by atoms with E-state index in [-0.39, 0.29) is 5.91 Å². The number of likely N-dealkylation sites (tertiary alicyclic amines) is 1. The number of rotatable bonds is 3. The minimum atomic E-state index is -0.585. The fourth-order valence-corrected chi connectivity index (χ4v) is 2.17. The lowest BCUT2D eigenvalue weighted by Gasteiger charge is -2.17. The predicted molar refractivity (Wildman–Crippen MR) is 62.3 cm³/mol. The lowest BCUT2D eigenvalue weighted by atomic mass is 10.2. The van der Waals surface area contributed by atoms with Crippen molar-refractivity contribution in [1.29, 1.82) is 0 Å². The average Bonchev–Trinajstić information content (AvgIpc) is 2.97. The number of alkyl halides is 1. The fraction of sp³-hybridized carbons (Fsp3) is 0.636. The molecule has 2 heterocycles. The minimum absolute atomic E-state index is 0.00909. The Morgan fingerprint density at radius 1 is 1.56 bits per heavy atom. The lowest BCUT2D eigenvalue weighted by molar-refractivity contribution is -0.129. The molecule has 1 aliphatic rings. The van der Waals surface area contributed by atoms with E-state index in [0.717, 1.165) is 38.0 Å². The normalized spacial score (nSPS) is 17.8. The third-order valence-electron chi connectivity index (χ3n) is 2.90. The summed E-state index contributed by atoms with van der Waals surface area (Å²) in [6.07, 6.45) is 5.69. The van der Waals surface area contributed by atoms with Crippen LogP contribution in [0.1, 0.15) is 30.7 Å². The zero-order valence-corrected chi connectivity index (χ0v) is 10.2. The molecule has 0 radical (unpaired) electrons. The molecule has 88 valence electrons. The van der Waals surface area contributed by atoms with Gasteiger partial charge < -0.3 is 4.90 Å². The average molecular weight is 242 g/mol. The molecular weight excluding hydrogens is 226 g/mol. The number of hydrogen-bond acceptors (Lipinski definition) is 2. The van der Waals surface area contributed by atoms with E-state index in [9.17, 15) is 4.79 Å². The quantitative estimate of drug-likeness (QED) is 0.757. The zero-order valence-electron chi connectivity index (χ0n) is 9.40. The first-order valence-electron chi connectivity index (χ1n) is 5.67. The predicted octanol–water partition coefficient (Wildman–Crippen LogP) is 1.81. The number of amides is 1. The first-order valence-corrected chi connectivity index (χ1v) is 6.11. The molecule has 0 bridgehead atoms. The van der Waals surface area contributed by atoms with Crippen molar-refractivity contribution in [2.45, 2.75) is 31.7 Å². The molecule has 0 aliphatic carbocycles. The molecule has 1 aromatic heterocycles. The molecule has 0 saturated carbocycles. The second kappa shape index (κ2) is 4.87. The number of aryl methyl sites for hydroxylation is 1. The van der Waals surface area contributed by atoms with E-state index in [0.29, 0.717) is 0 Å². The Morgan fingerprint density at radius 3 is 2.81 bits per heavy atom. The van der Waals surface area contributed by atoms with Crippen LogP contribution in [0.3, 0.4) is 0 Å². The highest BCUT2D eigenvalue weighted by Gasteiger charge is 2.26. The summed E-state index contributed by atoms with van der Waals surface area (Å²) in [6, 6.07) is 0. The number of hydrogen-bond donors (Lipinski definition) is 0. The SMILES string of the molecule is CCn1cc(C(Cl)C(=O)N2CCCC2)cn1. The molecule has 16 heavy (non-hydrogen) atoms. The van der Waals surface area contributed by atoms with Gasteiger partial charge in [0.1, 0.15) is 5.38 Å². The number of carbonyl (C=O) groups excluding carboxylic acids is 1. The molecule has 1 amide bonds. The summed E-state index contributed by atoms with van der Waals surface area (Å²) in [6.45, 7) is 4.47. The Balaban J connectivity index is 2.05. The highest BCUT2D eigenvalue weighted by atomic mass is 35.5. The van der Waals surface area contributed by atoms with Gasteiger partial charge in [0.25, 0.3) is 0 Å². The number of nitrogens with zero attached hydrogens (tertiary/aromatic N) is 3. The third-order valence-corrected chi connectivity index (χ3v) is 3.34. The van der Waals surface area contributed by atoms with Gasteiger partial charge in [-0.2, -0.15) is 5.10 Å². The monoisotopic (exact) mass is 241 g/mol. The largest absolute Gasteiger partial charge is 0.341 e. The van der Waals surface area contributed by atoms with Crippen LogP contribution in [-0.4, -0.2) is 33.7 Å². The Bertz CT molecular complexity index is 371. The van der Waals surface area contributed by atoms with Gasteiger partial charge in [0.05, 0.1) is 6.20 Å². The van der Waals surface area contributed by atoms with Gasteiger partial charge in [-0.1, -0.05) is 0 Å². The zero-order chi connectivity index (χ0) is 11.5. The van der Waals surface area contributed by atoms with Gasteiger partial charge in [0.15, 0.2) is 0 Å². The summed E-state index contributed by atoms with van der Waals surface area (Å²) in [5.41, 5.74) is 0.792.